The summed E-state index contributed by atoms with van der Waals surface area (Å²) < 4.78 is 11.0. The first-order valence-corrected chi connectivity index (χ1v) is 11.9. The van der Waals surface area contributed by atoms with Gasteiger partial charge in [0.1, 0.15) is 11.5 Å². The fraction of sp³-hybridized carbons (Fsp3) is 0.370. The Labute approximate surface area is 204 Å². The lowest BCUT2D eigenvalue weighted by molar-refractivity contribution is -0.127. The number of carbonyl (C=O) groups is 3. The van der Waals surface area contributed by atoms with E-state index in [0.717, 1.165) is 36.8 Å². The molecule has 0 unspecified atom stereocenters. The normalized spacial score (nSPS) is 14.5. The Kier molecular flexibility index (Phi) is 7.39. The van der Waals surface area contributed by atoms with Gasteiger partial charge in [0.25, 0.3) is 11.8 Å². The van der Waals surface area contributed by atoms with Gasteiger partial charge >= 0.3 is 0 Å². The van der Waals surface area contributed by atoms with Gasteiger partial charge in [-0.05, 0) is 81.1 Å². The van der Waals surface area contributed by atoms with Gasteiger partial charge in [-0.25, -0.2) is 0 Å². The largest absolute Gasteiger partial charge is 0.464 e. The minimum atomic E-state index is -1.03. The van der Waals surface area contributed by atoms with E-state index in [2.05, 4.69) is 10.6 Å². The van der Waals surface area contributed by atoms with E-state index in [1.165, 1.54) is 17.2 Å². The van der Waals surface area contributed by atoms with Crippen LogP contribution in [0.1, 0.15) is 64.9 Å². The lowest BCUT2D eigenvalue weighted by Gasteiger charge is -2.31. The minimum Gasteiger partial charge on any atom is -0.464 e. The van der Waals surface area contributed by atoms with Crippen molar-refractivity contribution < 1.29 is 23.2 Å². The van der Waals surface area contributed by atoms with Crippen LogP contribution in [-0.4, -0.2) is 30.3 Å². The van der Waals surface area contributed by atoms with Crippen LogP contribution >= 0.6 is 0 Å². The van der Waals surface area contributed by atoms with Crippen molar-refractivity contribution in [2.45, 2.75) is 58.5 Å². The molecule has 1 aliphatic rings. The second-order valence-electron chi connectivity index (χ2n) is 9.11. The number of benzene rings is 1. The summed E-state index contributed by atoms with van der Waals surface area (Å²) in [6.45, 7) is 5.34. The number of hydrogen-bond donors (Lipinski definition) is 2. The van der Waals surface area contributed by atoms with Crippen LogP contribution < -0.4 is 15.5 Å². The van der Waals surface area contributed by atoms with Crippen LogP contribution in [-0.2, 0) is 9.59 Å². The highest BCUT2D eigenvalue weighted by molar-refractivity contribution is 6.04. The van der Waals surface area contributed by atoms with Crippen molar-refractivity contribution in [3.63, 3.8) is 0 Å². The Bertz CT molecular complexity index is 1170. The molecule has 0 aliphatic heterocycles. The summed E-state index contributed by atoms with van der Waals surface area (Å²) in [5, 5.41) is 5.71. The van der Waals surface area contributed by atoms with Crippen molar-refractivity contribution in [3.05, 3.63) is 77.1 Å². The molecule has 0 spiro atoms. The molecule has 1 atom stereocenters. The molecular formula is C27H31N3O5. The van der Waals surface area contributed by atoms with Crippen LogP contribution in [0.2, 0.25) is 0 Å². The summed E-state index contributed by atoms with van der Waals surface area (Å²) >= 11 is 0. The highest BCUT2D eigenvalue weighted by Gasteiger charge is 2.36. The highest BCUT2D eigenvalue weighted by Crippen LogP contribution is 2.31. The molecule has 1 aromatic carbocycles. The minimum absolute atomic E-state index is 0.0657. The average molecular weight is 478 g/mol. The number of anilines is 1. The molecule has 184 valence electrons. The first-order valence-electron chi connectivity index (χ1n) is 11.9. The first-order chi connectivity index (χ1) is 16.8. The zero-order valence-electron chi connectivity index (χ0n) is 20.3. The van der Waals surface area contributed by atoms with Crippen molar-refractivity contribution in [2.24, 2.45) is 0 Å². The maximum Gasteiger partial charge on any atom is 0.287 e. The van der Waals surface area contributed by atoms with Gasteiger partial charge in [-0.1, -0.05) is 18.9 Å². The van der Waals surface area contributed by atoms with E-state index >= 15 is 0 Å². The lowest BCUT2D eigenvalue weighted by atomic mass is 10.1. The van der Waals surface area contributed by atoms with Crippen molar-refractivity contribution in [2.75, 3.05) is 11.4 Å². The number of nitrogens with one attached hydrogen (secondary N) is 2. The predicted octanol–water partition coefficient (Wildman–Crippen LogP) is 4.36. The van der Waals surface area contributed by atoms with Crippen molar-refractivity contribution >= 4 is 23.4 Å². The van der Waals surface area contributed by atoms with Crippen LogP contribution in [0.5, 0.6) is 0 Å². The Morgan fingerprint density at radius 2 is 1.74 bits per heavy atom. The zero-order valence-corrected chi connectivity index (χ0v) is 20.3. The van der Waals surface area contributed by atoms with E-state index in [-0.39, 0.29) is 24.3 Å². The molecule has 8 nitrogen and oxygen atoms in total. The molecule has 2 N–H and O–H groups in total. The maximum absolute atomic E-state index is 13.7. The number of hydrogen-bond acceptors (Lipinski definition) is 5. The SMILES string of the molecule is Cc1cc(C)cc(N(C(=O)CNC(=O)c2ccco2)[C@H](C(=O)NC2CCCC2)c2ccc(C)o2)c1. The lowest BCUT2D eigenvalue weighted by Crippen LogP contribution is -2.49. The molecule has 4 rings (SSSR count). The Balaban J connectivity index is 1.69. The molecular weight excluding hydrogens is 446 g/mol. The van der Waals surface area contributed by atoms with Gasteiger partial charge in [-0.2, -0.15) is 0 Å². The van der Waals surface area contributed by atoms with Crippen LogP contribution in [0, 0.1) is 20.8 Å². The molecule has 2 heterocycles. The van der Waals surface area contributed by atoms with Gasteiger partial charge in [0.2, 0.25) is 5.91 Å². The predicted molar refractivity (Wildman–Crippen MR) is 131 cm³/mol. The van der Waals surface area contributed by atoms with E-state index in [0.29, 0.717) is 17.2 Å². The van der Waals surface area contributed by atoms with E-state index < -0.39 is 17.9 Å². The molecule has 2 aromatic heterocycles. The summed E-state index contributed by atoms with van der Waals surface area (Å²) in [6, 6.07) is 11.3. The number of furan rings is 2. The summed E-state index contributed by atoms with van der Waals surface area (Å²) in [6.07, 6.45) is 5.34. The van der Waals surface area contributed by atoms with Gasteiger partial charge in [0.15, 0.2) is 11.8 Å². The molecule has 1 fully saturated rings. The average Bonchev–Trinajstić information content (AvgIpc) is 3.58. The molecule has 35 heavy (non-hydrogen) atoms. The summed E-state index contributed by atoms with van der Waals surface area (Å²) in [5.74, 6) is -0.162. The van der Waals surface area contributed by atoms with E-state index in [1.54, 1.807) is 25.1 Å². The maximum atomic E-state index is 13.7. The molecule has 8 heteroatoms. The topological polar surface area (TPSA) is 105 Å². The van der Waals surface area contributed by atoms with Crippen LogP contribution in [0.15, 0.2) is 57.6 Å². The van der Waals surface area contributed by atoms with E-state index in [4.69, 9.17) is 8.83 Å². The van der Waals surface area contributed by atoms with Gasteiger partial charge in [0, 0.05) is 11.7 Å². The second kappa shape index (κ2) is 10.6. The number of amides is 3. The van der Waals surface area contributed by atoms with Gasteiger partial charge < -0.3 is 19.5 Å². The summed E-state index contributed by atoms with van der Waals surface area (Å²) in [4.78, 5) is 41.2. The summed E-state index contributed by atoms with van der Waals surface area (Å²) in [5.41, 5.74) is 2.45. The molecule has 0 radical (unpaired) electrons. The molecule has 3 aromatic rings. The van der Waals surface area contributed by atoms with Crippen LogP contribution in [0.3, 0.4) is 0 Å². The van der Waals surface area contributed by atoms with Gasteiger partial charge in [-0.15, -0.1) is 0 Å². The smallest absolute Gasteiger partial charge is 0.287 e. The molecule has 3 amide bonds. The third-order valence-electron chi connectivity index (χ3n) is 6.14. The Morgan fingerprint density at radius 3 is 2.34 bits per heavy atom. The number of rotatable bonds is 8. The third-order valence-corrected chi connectivity index (χ3v) is 6.14. The Hall–Kier alpha value is -3.81. The molecule has 1 saturated carbocycles. The van der Waals surface area contributed by atoms with Crippen molar-refractivity contribution in [3.8, 4) is 0 Å². The van der Waals surface area contributed by atoms with Crippen LogP contribution in [0.25, 0.3) is 0 Å². The first kappa shape index (κ1) is 24.3. The fourth-order valence-electron chi connectivity index (χ4n) is 4.59. The van der Waals surface area contributed by atoms with E-state index in [1.807, 2.05) is 32.0 Å². The van der Waals surface area contributed by atoms with Gasteiger partial charge in [0.05, 0.1) is 12.8 Å². The summed E-state index contributed by atoms with van der Waals surface area (Å²) in [7, 11) is 0. The zero-order chi connectivity index (χ0) is 24.9. The molecule has 0 saturated heterocycles. The standard InChI is InChI=1S/C27H31N3O5/c1-17-13-18(2)15-21(14-17)30(24(31)16-28-26(32)23-9-6-12-34-23)25(22-11-10-19(3)35-22)27(33)29-20-7-4-5-8-20/h6,9-15,20,25H,4-5,7-8,16H2,1-3H3,(H,28,32)(H,29,33)/t25-/m0/s1. The third kappa shape index (κ3) is 5.82. The van der Waals surface area contributed by atoms with E-state index in [9.17, 15) is 14.4 Å². The number of nitrogens with zero attached hydrogens (tertiary/aromatic N) is 1. The van der Waals surface area contributed by atoms with Crippen LogP contribution in [0.4, 0.5) is 5.69 Å². The highest BCUT2D eigenvalue weighted by atomic mass is 16.3. The number of aryl methyl sites for hydroxylation is 3. The molecule has 1 aliphatic carbocycles. The quantitative estimate of drug-likeness (QED) is 0.502. The van der Waals surface area contributed by atoms with Crippen molar-refractivity contribution in [1.29, 1.82) is 0 Å². The second-order valence-corrected chi connectivity index (χ2v) is 9.11. The van der Waals surface area contributed by atoms with Crippen molar-refractivity contribution in [1.82, 2.24) is 10.6 Å². The Morgan fingerprint density at radius 1 is 1.03 bits per heavy atom. The monoisotopic (exact) mass is 477 g/mol. The molecule has 0 bridgehead atoms. The number of carbonyl (C=O) groups excluding carboxylic acids is 3. The van der Waals surface area contributed by atoms with Gasteiger partial charge in [-0.3, -0.25) is 19.3 Å². The fourth-order valence-corrected chi connectivity index (χ4v) is 4.59.